The molecule has 0 amide bonds. The summed E-state index contributed by atoms with van der Waals surface area (Å²) in [6.07, 6.45) is 1.28. The molecule has 2 aromatic rings. The van der Waals surface area contributed by atoms with Crippen LogP contribution in [0.15, 0.2) is 61.0 Å². The first-order valence-electron chi connectivity index (χ1n) is 10.4. The average Bonchev–Trinajstić information content (AvgIpc) is 2.75. The summed E-state index contributed by atoms with van der Waals surface area (Å²) in [6.45, 7) is 17.0. The molecule has 0 spiro atoms. The minimum Gasteiger partial charge on any atom is -0.383 e. The minimum absolute atomic E-state index is 0.615. The van der Waals surface area contributed by atoms with Gasteiger partial charge in [-0.25, -0.2) is 8.78 Å². The van der Waals surface area contributed by atoms with Gasteiger partial charge in [0.1, 0.15) is 0 Å². The second-order valence-corrected chi connectivity index (χ2v) is 8.01. The highest BCUT2D eigenvalue weighted by Gasteiger charge is 2.18. The third-order valence-electron chi connectivity index (χ3n) is 5.82. The topological polar surface area (TPSA) is 18.5 Å². The highest BCUT2D eigenvalue weighted by molar-refractivity contribution is 5.51. The number of benzene rings is 2. The molecule has 1 aliphatic rings. The van der Waals surface area contributed by atoms with E-state index in [2.05, 4.69) is 60.3 Å². The standard InChI is InChI=1S/C25H31F2N3/c1-18-5-9-23(15-19(18)2)30-13-11-29(12-14-30)21(4)17-28-20(3)6-7-22-8-10-24(26)25(27)16-22/h5,8-10,15-16,28H,3-4,6-7,11-14,17H2,1-2H3. The van der Waals surface area contributed by atoms with E-state index in [1.807, 2.05) is 0 Å². The number of aryl methyl sites for hydroxylation is 3. The molecule has 30 heavy (non-hydrogen) atoms. The Bertz CT molecular complexity index is 915. The Balaban J connectivity index is 1.40. The van der Waals surface area contributed by atoms with Crippen molar-refractivity contribution in [3.05, 3.63) is 89.3 Å². The number of nitrogens with zero attached hydrogens (tertiary/aromatic N) is 2. The van der Waals surface area contributed by atoms with Crippen LogP contribution in [0.3, 0.4) is 0 Å². The molecule has 0 unspecified atom stereocenters. The van der Waals surface area contributed by atoms with E-state index in [1.54, 1.807) is 6.07 Å². The van der Waals surface area contributed by atoms with Gasteiger partial charge in [-0.3, -0.25) is 0 Å². The first kappa shape index (κ1) is 21.9. The van der Waals surface area contributed by atoms with Gasteiger partial charge >= 0.3 is 0 Å². The Morgan fingerprint density at radius 2 is 1.67 bits per heavy atom. The number of halogens is 2. The number of allylic oxidation sites excluding steroid dienone is 1. The van der Waals surface area contributed by atoms with Gasteiger partial charge in [0.15, 0.2) is 11.6 Å². The summed E-state index contributed by atoms with van der Waals surface area (Å²) >= 11 is 0. The molecule has 1 saturated heterocycles. The SMILES string of the molecule is C=C(CCc1ccc(F)c(F)c1)NCC(=C)N1CCN(c2ccc(C)c(C)c2)CC1. The van der Waals surface area contributed by atoms with Crippen LogP contribution in [0.4, 0.5) is 14.5 Å². The minimum atomic E-state index is -0.815. The van der Waals surface area contributed by atoms with Crippen molar-refractivity contribution in [1.82, 2.24) is 10.2 Å². The second kappa shape index (κ2) is 9.79. The van der Waals surface area contributed by atoms with Crippen LogP contribution in [-0.2, 0) is 6.42 Å². The molecule has 0 aliphatic carbocycles. The maximum atomic E-state index is 13.3. The van der Waals surface area contributed by atoms with Crippen molar-refractivity contribution in [2.24, 2.45) is 0 Å². The number of anilines is 1. The fraction of sp³-hybridized carbons (Fsp3) is 0.360. The molecule has 5 heteroatoms. The Morgan fingerprint density at radius 3 is 2.33 bits per heavy atom. The van der Waals surface area contributed by atoms with Crippen LogP contribution < -0.4 is 10.2 Å². The number of hydrogen-bond donors (Lipinski definition) is 1. The van der Waals surface area contributed by atoms with Crippen LogP contribution in [0, 0.1) is 25.5 Å². The van der Waals surface area contributed by atoms with E-state index in [-0.39, 0.29) is 0 Å². The predicted molar refractivity (Wildman–Crippen MR) is 121 cm³/mol. The van der Waals surface area contributed by atoms with Crippen LogP contribution >= 0.6 is 0 Å². The lowest BCUT2D eigenvalue weighted by atomic mass is 10.1. The van der Waals surface area contributed by atoms with Crippen LogP contribution in [0.25, 0.3) is 0 Å². The molecule has 3 rings (SSSR count). The van der Waals surface area contributed by atoms with Crippen LogP contribution in [-0.4, -0.2) is 37.6 Å². The summed E-state index contributed by atoms with van der Waals surface area (Å²) in [4.78, 5) is 4.73. The fourth-order valence-electron chi connectivity index (χ4n) is 3.62. The molecule has 3 nitrogen and oxygen atoms in total. The van der Waals surface area contributed by atoms with Gasteiger partial charge < -0.3 is 15.1 Å². The van der Waals surface area contributed by atoms with Gasteiger partial charge in [-0.05, 0) is 67.6 Å². The second-order valence-electron chi connectivity index (χ2n) is 8.01. The molecule has 0 atom stereocenters. The smallest absolute Gasteiger partial charge is 0.159 e. The molecular weight excluding hydrogens is 380 g/mol. The molecule has 160 valence electrons. The van der Waals surface area contributed by atoms with Gasteiger partial charge in [0.2, 0.25) is 0 Å². The van der Waals surface area contributed by atoms with E-state index in [9.17, 15) is 8.78 Å². The van der Waals surface area contributed by atoms with Crippen molar-refractivity contribution < 1.29 is 8.78 Å². The lowest BCUT2D eigenvalue weighted by Gasteiger charge is -2.38. The Kier molecular flexibility index (Phi) is 7.14. The zero-order valence-corrected chi connectivity index (χ0v) is 18.0. The Hall–Kier alpha value is -2.82. The van der Waals surface area contributed by atoms with Crippen molar-refractivity contribution >= 4 is 5.69 Å². The summed E-state index contributed by atoms with van der Waals surface area (Å²) in [7, 11) is 0. The third-order valence-corrected chi connectivity index (χ3v) is 5.82. The van der Waals surface area contributed by atoms with E-state index >= 15 is 0 Å². The van der Waals surface area contributed by atoms with Gasteiger partial charge in [-0.15, -0.1) is 0 Å². The lowest BCUT2D eigenvalue weighted by Crippen LogP contribution is -2.47. The van der Waals surface area contributed by atoms with Crippen LogP contribution in [0.5, 0.6) is 0 Å². The first-order chi connectivity index (χ1) is 14.3. The fourth-order valence-corrected chi connectivity index (χ4v) is 3.62. The molecule has 1 fully saturated rings. The maximum Gasteiger partial charge on any atom is 0.159 e. The van der Waals surface area contributed by atoms with Crippen LogP contribution in [0.1, 0.15) is 23.1 Å². The molecule has 1 aliphatic heterocycles. The van der Waals surface area contributed by atoms with E-state index < -0.39 is 11.6 Å². The molecule has 1 heterocycles. The van der Waals surface area contributed by atoms with E-state index in [1.165, 1.54) is 28.9 Å². The Labute approximate surface area is 178 Å². The molecule has 2 aromatic carbocycles. The largest absolute Gasteiger partial charge is 0.383 e. The molecule has 0 radical (unpaired) electrons. The van der Waals surface area contributed by atoms with Crippen molar-refractivity contribution in [1.29, 1.82) is 0 Å². The quantitative estimate of drug-likeness (QED) is 0.663. The van der Waals surface area contributed by atoms with Gasteiger partial charge in [0.25, 0.3) is 0 Å². The molecule has 0 saturated carbocycles. The van der Waals surface area contributed by atoms with Gasteiger partial charge in [-0.1, -0.05) is 25.3 Å². The zero-order valence-electron chi connectivity index (χ0n) is 18.0. The zero-order chi connectivity index (χ0) is 21.7. The van der Waals surface area contributed by atoms with Crippen molar-refractivity contribution in [3.8, 4) is 0 Å². The number of rotatable bonds is 8. The summed E-state index contributed by atoms with van der Waals surface area (Å²) in [6, 6.07) is 10.7. The van der Waals surface area contributed by atoms with Gasteiger partial charge in [0.05, 0.1) is 6.54 Å². The Morgan fingerprint density at radius 1 is 0.933 bits per heavy atom. The van der Waals surface area contributed by atoms with Crippen LogP contribution in [0.2, 0.25) is 0 Å². The van der Waals surface area contributed by atoms with Crippen molar-refractivity contribution in [2.45, 2.75) is 26.7 Å². The lowest BCUT2D eigenvalue weighted by molar-refractivity contribution is 0.315. The third kappa shape index (κ3) is 5.62. The maximum absolute atomic E-state index is 13.3. The summed E-state index contributed by atoms with van der Waals surface area (Å²) in [5.41, 5.74) is 6.61. The molecule has 0 bridgehead atoms. The number of nitrogens with one attached hydrogen (secondary N) is 1. The number of hydrogen-bond acceptors (Lipinski definition) is 3. The predicted octanol–water partition coefficient (Wildman–Crippen LogP) is 4.95. The van der Waals surface area contributed by atoms with E-state index in [0.717, 1.165) is 43.1 Å². The molecule has 0 aromatic heterocycles. The van der Waals surface area contributed by atoms with Crippen molar-refractivity contribution in [3.63, 3.8) is 0 Å². The highest BCUT2D eigenvalue weighted by atomic mass is 19.2. The summed E-state index contributed by atoms with van der Waals surface area (Å²) in [5.74, 6) is -1.62. The van der Waals surface area contributed by atoms with E-state index in [0.29, 0.717) is 19.4 Å². The van der Waals surface area contributed by atoms with Gasteiger partial charge in [-0.2, -0.15) is 0 Å². The first-order valence-corrected chi connectivity index (χ1v) is 10.4. The molecular formula is C25H31F2N3. The average molecular weight is 412 g/mol. The van der Waals surface area contributed by atoms with Gasteiger partial charge in [0, 0.05) is 43.3 Å². The summed E-state index contributed by atoms with van der Waals surface area (Å²) in [5, 5.41) is 3.32. The van der Waals surface area contributed by atoms with E-state index in [4.69, 9.17) is 0 Å². The highest BCUT2D eigenvalue weighted by Crippen LogP contribution is 2.21. The summed E-state index contributed by atoms with van der Waals surface area (Å²) < 4.78 is 26.3. The monoisotopic (exact) mass is 411 g/mol. The number of piperazine rings is 1. The molecule has 1 N–H and O–H groups in total. The van der Waals surface area contributed by atoms with Crippen molar-refractivity contribution in [2.75, 3.05) is 37.6 Å². The normalized spacial score (nSPS) is 14.0.